The van der Waals surface area contributed by atoms with Crippen LogP contribution in [0.3, 0.4) is 0 Å². The maximum absolute atomic E-state index is 13.6. The Kier molecular flexibility index (Phi) is 8.51. The third-order valence-corrected chi connectivity index (χ3v) is 8.17. The van der Waals surface area contributed by atoms with Gasteiger partial charge in [-0.1, -0.05) is 19.1 Å². The number of carbonyl (C=O) groups excluding carboxylic acids is 3. The van der Waals surface area contributed by atoms with Crippen molar-refractivity contribution < 1.29 is 32.3 Å². The Hall–Kier alpha value is -3.25. The van der Waals surface area contributed by atoms with Gasteiger partial charge in [0.25, 0.3) is 5.91 Å². The minimum Gasteiger partial charge on any atom is -0.465 e. The van der Waals surface area contributed by atoms with Crippen LogP contribution in [0.15, 0.2) is 41.2 Å². The molecule has 202 valence electrons. The number of hydrogen-bond donors (Lipinski definition) is 1. The van der Waals surface area contributed by atoms with Crippen LogP contribution in [0.25, 0.3) is 10.4 Å². The van der Waals surface area contributed by atoms with Gasteiger partial charge in [-0.25, -0.2) is 9.78 Å². The van der Waals surface area contributed by atoms with E-state index >= 15 is 0 Å². The first kappa shape index (κ1) is 27.8. The number of anilines is 2. The van der Waals surface area contributed by atoms with Crippen molar-refractivity contribution in [3.05, 3.63) is 51.8 Å². The number of benzene rings is 1. The SMILES string of the molecule is COC(=O)c1sc(-c2ccc(NC(=O)c3cscn3)cc2)cc1N(CC(F)(F)F)C(=O)C1CCC(C)CC1. The summed E-state index contributed by atoms with van der Waals surface area (Å²) in [5.74, 6) is -1.95. The molecular weight excluding hydrogens is 539 g/mol. The highest BCUT2D eigenvalue weighted by Crippen LogP contribution is 2.40. The Bertz CT molecular complexity index is 1280. The predicted molar refractivity (Wildman–Crippen MR) is 141 cm³/mol. The van der Waals surface area contributed by atoms with E-state index in [1.165, 1.54) is 17.4 Å². The van der Waals surface area contributed by atoms with Crippen molar-refractivity contribution in [3.63, 3.8) is 0 Å². The Labute approximate surface area is 225 Å². The van der Waals surface area contributed by atoms with Crippen molar-refractivity contribution in [2.24, 2.45) is 11.8 Å². The molecule has 0 unspecified atom stereocenters. The molecule has 1 saturated carbocycles. The zero-order valence-electron chi connectivity index (χ0n) is 20.7. The van der Waals surface area contributed by atoms with Crippen LogP contribution in [-0.2, 0) is 9.53 Å². The quantitative estimate of drug-likeness (QED) is 0.325. The zero-order valence-corrected chi connectivity index (χ0v) is 22.3. The molecule has 0 spiro atoms. The van der Waals surface area contributed by atoms with Gasteiger partial charge in [0.1, 0.15) is 17.1 Å². The number of carbonyl (C=O) groups is 3. The number of methoxy groups -OCH3 is 1. The van der Waals surface area contributed by atoms with E-state index in [2.05, 4.69) is 17.2 Å². The van der Waals surface area contributed by atoms with Gasteiger partial charge < -0.3 is 15.0 Å². The number of hydrogen-bond acceptors (Lipinski definition) is 7. The second-order valence-electron chi connectivity index (χ2n) is 9.22. The molecule has 1 N–H and O–H groups in total. The van der Waals surface area contributed by atoms with Crippen LogP contribution in [-0.4, -0.2) is 42.6 Å². The van der Waals surface area contributed by atoms with E-state index in [1.54, 1.807) is 35.2 Å². The van der Waals surface area contributed by atoms with Gasteiger partial charge in [0.05, 0.1) is 18.3 Å². The normalized spacial score (nSPS) is 17.6. The molecule has 2 amide bonds. The first-order chi connectivity index (χ1) is 18.1. The minimum absolute atomic E-state index is 0.0785. The molecule has 12 heteroatoms. The zero-order chi connectivity index (χ0) is 27.4. The number of rotatable bonds is 7. The highest BCUT2D eigenvalue weighted by Gasteiger charge is 2.39. The Morgan fingerprint density at radius 3 is 2.39 bits per heavy atom. The average molecular weight is 566 g/mol. The largest absolute Gasteiger partial charge is 0.465 e. The highest BCUT2D eigenvalue weighted by molar-refractivity contribution is 7.18. The standard InChI is InChI=1S/C26H26F3N3O4S2/c1-15-3-5-17(6-4-15)24(34)32(13-26(27,28)29)20-11-21(38-22(20)25(35)36-2)16-7-9-18(10-8-16)31-23(33)19-12-37-14-30-19/h7-12,14-15,17H,3-6,13H2,1-2H3,(H,31,33). The first-order valence-corrected chi connectivity index (χ1v) is 13.7. The molecule has 1 aromatic carbocycles. The van der Waals surface area contributed by atoms with Gasteiger partial charge >= 0.3 is 12.1 Å². The molecule has 0 bridgehead atoms. The van der Waals surface area contributed by atoms with E-state index in [9.17, 15) is 27.6 Å². The number of thiophene rings is 1. The molecule has 7 nitrogen and oxygen atoms in total. The molecule has 0 atom stereocenters. The van der Waals surface area contributed by atoms with Gasteiger partial charge in [0.2, 0.25) is 5.91 Å². The summed E-state index contributed by atoms with van der Waals surface area (Å²) < 4.78 is 45.7. The molecule has 2 heterocycles. The fourth-order valence-corrected chi connectivity index (χ4v) is 6.01. The fraction of sp³-hybridized carbons (Fsp3) is 0.385. The summed E-state index contributed by atoms with van der Waals surface area (Å²) >= 11 is 2.25. The lowest BCUT2D eigenvalue weighted by molar-refractivity contribution is -0.135. The van der Waals surface area contributed by atoms with Crippen molar-refractivity contribution in [2.75, 3.05) is 23.9 Å². The predicted octanol–water partition coefficient (Wildman–Crippen LogP) is 6.63. The lowest BCUT2D eigenvalue weighted by atomic mass is 9.82. The van der Waals surface area contributed by atoms with E-state index in [-0.39, 0.29) is 22.2 Å². The number of esters is 1. The van der Waals surface area contributed by atoms with E-state index in [4.69, 9.17) is 4.74 Å². The number of amides is 2. The van der Waals surface area contributed by atoms with Crippen LogP contribution in [0, 0.1) is 11.8 Å². The van der Waals surface area contributed by atoms with Crippen LogP contribution < -0.4 is 10.2 Å². The van der Waals surface area contributed by atoms with E-state index in [0.29, 0.717) is 39.8 Å². The summed E-state index contributed by atoms with van der Waals surface area (Å²) in [5, 5.41) is 4.34. The molecule has 3 aromatic rings. The monoisotopic (exact) mass is 565 g/mol. The molecule has 4 rings (SSSR count). The topological polar surface area (TPSA) is 88.6 Å². The van der Waals surface area contributed by atoms with Gasteiger partial charge in [0.15, 0.2) is 0 Å². The second kappa shape index (κ2) is 11.6. The van der Waals surface area contributed by atoms with Gasteiger partial charge in [-0.05, 0) is 55.4 Å². The fourth-order valence-electron chi connectivity index (χ4n) is 4.39. The molecule has 38 heavy (non-hydrogen) atoms. The third kappa shape index (κ3) is 6.60. The molecule has 0 radical (unpaired) electrons. The van der Waals surface area contributed by atoms with Crippen LogP contribution in [0.2, 0.25) is 0 Å². The van der Waals surface area contributed by atoms with Crippen LogP contribution in [0.1, 0.15) is 52.8 Å². The summed E-state index contributed by atoms with van der Waals surface area (Å²) in [4.78, 5) is 43.3. The van der Waals surface area contributed by atoms with Gasteiger partial charge in [-0.15, -0.1) is 22.7 Å². The third-order valence-electron chi connectivity index (χ3n) is 6.43. The number of ether oxygens (including phenoxy) is 1. The summed E-state index contributed by atoms with van der Waals surface area (Å²) in [6.45, 7) is 0.560. The van der Waals surface area contributed by atoms with Crippen LogP contribution in [0.5, 0.6) is 0 Å². The lowest BCUT2D eigenvalue weighted by Gasteiger charge is -2.31. The molecular formula is C26H26F3N3O4S2. The molecule has 1 fully saturated rings. The number of nitrogens with one attached hydrogen (secondary N) is 1. The lowest BCUT2D eigenvalue weighted by Crippen LogP contribution is -2.43. The van der Waals surface area contributed by atoms with E-state index < -0.39 is 30.5 Å². The average Bonchev–Trinajstić information content (AvgIpc) is 3.58. The summed E-state index contributed by atoms with van der Waals surface area (Å²) in [6, 6.07) is 8.05. The molecule has 1 aliphatic carbocycles. The minimum atomic E-state index is -4.66. The number of alkyl halides is 3. The van der Waals surface area contributed by atoms with Crippen molar-refractivity contribution in [3.8, 4) is 10.4 Å². The Balaban J connectivity index is 1.65. The van der Waals surface area contributed by atoms with E-state index in [1.807, 2.05) is 0 Å². The maximum atomic E-state index is 13.6. The number of nitrogens with zero attached hydrogens (tertiary/aromatic N) is 2. The summed E-state index contributed by atoms with van der Waals surface area (Å²) in [7, 11) is 1.14. The molecule has 0 saturated heterocycles. The van der Waals surface area contributed by atoms with Crippen LogP contribution >= 0.6 is 22.7 Å². The molecule has 0 aliphatic heterocycles. The first-order valence-electron chi connectivity index (χ1n) is 12.0. The number of aromatic nitrogens is 1. The van der Waals surface area contributed by atoms with E-state index in [0.717, 1.165) is 31.3 Å². The summed E-state index contributed by atoms with van der Waals surface area (Å²) in [6.07, 6.45) is -2.12. The molecule has 1 aliphatic rings. The molecule has 2 aromatic heterocycles. The smallest absolute Gasteiger partial charge is 0.406 e. The van der Waals surface area contributed by atoms with Gasteiger partial charge in [0, 0.05) is 21.9 Å². The second-order valence-corrected chi connectivity index (χ2v) is 11.0. The van der Waals surface area contributed by atoms with Crippen molar-refractivity contribution in [2.45, 2.75) is 38.8 Å². The van der Waals surface area contributed by atoms with Gasteiger partial charge in [-0.2, -0.15) is 13.2 Å². The van der Waals surface area contributed by atoms with Crippen molar-refractivity contribution >= 4 is 51.8 Å². The highest BCUT2D eigenvalue weighted by atomic mass is 32.1. The van der Waals surface area contributed by atoms with Crippen LogP contribution in [0.4, 0.5) is 24.5 Å². The number of thiazole rings is 1. The van der Waals surface area contributed by atoms with Crippen molar-refractivity contribution in [1.82, 2.24) is 4.98 Å². The maximum Gasteiger partial charge on any atom is 0.406 e. The van der Waals surface area contributed by atoms with Crippen molar-refractivity contribution in [1.29, 1.82) is 0 Å². The van der Waals surface area contributed by atoms with Gasteiger partial charge in [-0.3, -0.25) is 9.59 Å². The Morgan fingerprint density at radius 2 is 1.82 bits per heavy atom. The Morgan fingerprint density at radius 1 is 1.13 bits per heavy atom. The number of halogens is 3. The summed E-state index contributed by atoms with van der Waals surface area (Å²) in [5.41, 5.74) is 2.82.